The molecule has 1 heterocycles. The molecule has 3 N–H and O–H groups in total. The van der Waals surface area contributed by atoms with Crippen molar-refractivity contribution in [3.63, 3.8) is 0 Å². The lowest BCUT2D eigenvalue weighted by atomic mass is 10.2. The van der Waals surface area contributed by atoms with Gasteiger partial charge in [0.15, 0.2) is 18.1 Å². The number of ether oxygens (including phenoxy) is 1. The zero-order valence-corrected chi connectivity index (χ0v) is 12.4. The number of amides is 1. The molecule has 0 aliphatic carbocycles. The van der Waals surface area contributed by atoms with E-state index < -0.39 is 18.5 Å². The predicted molar refractivity (Wildman–Crippen MR) is 81.5 cm³/mol. The van der Waals surface area contributed by atoms with Gasteiger partial charge in [0, 0.05) is 18.1 Å². The number of nitrogens with one attached hydrogen (secondary N) is 1. The molecule has 0 bridgehead atoms. The summed E-state index contributed by atoms with van der Waals surface area (Å²) < 4.78 is 4.80. The average Bonchev–Trinajstić information content (AvgIpc) is 2.53. The van der Waals surface area contributed by atoms with Gasteiger partial charge in [-0.2, -0.15) is 5.26 Å². The van der Waals surface area contributed by atoms with Crippen LogP contribution in [0, 0.1) is 11.3 Å². The lowest BCUT2D eigenvalue weighted by molar-refractivity contribution is -0.119. The van der Waals surface area contributed by atoms with Crippen LogP contribution in [0.25, 0.3) is 0 Å². The average molecular weight is 332 g/mol. The molecular formula is C14H10ClN5O3. The molecule has 8 nitrogen and oxygen atoms in total. The lowest BCUT2D eigenvalue weighted by Gasteiger charge is -2.07. The van der Waals surface area contributed by atoms with Crippen molar-refractivity contribution in [3.05, 3.63) is 46.9 Å². The summed E-state index contributed by atoms with van der Waals surface area (Å²) in [6.45, 7) is -0.535. The fraction of sp³-hybridized carbons (Fsp3) is 0.0714. The van der Waals surface area contributed by atoms with E-state index in [-0.39, 0.29) is 22.1 Å². The summed E-state index contributed by atoms with van der Waals surface area (Å²) >= 11 is 5.85. The molecule has 0 spiro atoms. The van der Waals surface area contributed by atoms with Crippen LogP contribution in [0.2, 0.25) is 5.02 Å². The van der Waals surface area contributed by atoms with Crippen LogP contribution in [0.1, 0.15) is 16.1 Å². The van der Waals surface area contributed by atoms with Crippen molar-refractivity contribution in [2.45, 2.75) is 0 Å². The summed E-state index contributed by atoms with van der Waals surface area (Å²) in [5.74, 6) is -1.53. The highest BCUT2D eigenvalue weighted by molar-refractivity contribution is 6.32. The molecule has 2 rings (SSSR count). The second kappa shape index (κ2) is 7.20. The van der Waals surface area contributed by atoms with E-state index >= 15 is 0 Å². The van der Waals surface area contributed by atoms with E-state index in [1.54, 1.807) is 0 Å². The zero-order valence-electron chi connectivity index (χ0n) is 11.6. The number of nitrogens with zero attached hydrogens (tertiary/aromatic N) is 3. The molecule has 0 aliphatic heterocycles. The molecule has 1 aromatic carbocycles. The fourth-order valence-corrected chi connectivity index (χ4v) is 1.81. The van der Waals surface area contributed by atoms with Gasteiger partial charge in [-0.25, -0.2) is 14.8 Å². The molecule has 0 fully saturated rings. The highest BCUT2D eigenvalue weighted by Crippen LogP contribution is 2.20. The first kappa shape index (κ1) is 16.2. The van der Waals surface area contributed by atoms with Crippen molar-refractivity contribution in [2.75, 3.05) is 17.7 Å². The highest BCUT2D eigenvalue weighted by atomic mass is 35.5. The Morgan fingerprint density at radius 3 is 2.74 bits per heavy atom. The Kier molecular flexibility index (Phi) is 5.07. The number of benzene rings is 1. The number of aromatic nitrogens is 2. The third-order valence-corrected chi connectivity index (χ3v) is 2.94. The van der Waals surface area contributed by atoms with Gasteiger partial charge in [0.1, 0.15) is 6.07 Å². The van der Waals surface area contributed by atoms with Crippen LogP contribution in [-0.4, -0.2) is 28.5 Å². The minimum absolute atomic E-state index is 0.0863. The molecule has 0 aliphatic rings. The van der Waals surface area contributed by atoms with E-state index in [4.69, 9.17) is 27.3 Å². The van der Waals surface area contributed by atoms with Gasteiger partial charge in [-0.15, -0.1) is 0 Å². The molecule has 0 saturated heterocycles. The summed E-state index contributed by atoms with van der Waals surface area (Å²) in [4.78, 5) is 30.9. The smallest absolute Gasteiger partial charge is 0.361 e. The Bertz CT molecular complexity index is 803. The molecule has 1 amide bonds. The normalized spacial score (nSPS) is 9.74. The first-order valence-corrected chi connectivity index (χ1v) is 6.62. The number of carbonyl (C=O) groups excluding carboxylic acids is 2. The van der Waals surface area contributed by atoms with Crippen LogP contribution >= 0.6 is 11.6 Å². The van der Waals surface area contributed by atoms with Crippen LogP contribution in [0.3, 0.4) is 0 Å². The zero-order chi connectivity index (χ0) is 16.8. The number of nitrogen functional groups attached to an aromatic ring is 1. The van der Waals surface area contributed by atoms with E-state index in [1.807, 2.05) is 6.07 Å². The topological polar surface area (TPSA) is 131 Å². The molecule has 0 atom stereocenters. The van der Waals surface area contributed by atoms with Crippen LogP contribution < -0.4 is 11.1 Å². The summed E-state index contributed by atoms with van der Waals surface area (Å²) in [7, 11) is 0. The number of hydrogen-bond donors (Lipinski definition) is 2. The first-order chi connectivity index (χ1) is 11.0. The molecule has 0 saturated carbocycles. The number of nitrogens with two attached hydrogens (primary N) is 1. The Hall–Kier alpha value is -3.18. The van der Waals surface area contributed by atoms with Crippen LogP contribution in [-0.2, 0) is 9.53 Å². The Labute approximate surface area is 135 Å². The summed E-state index contributed by atoms with van der Waals surface area (Å²) in [5, 5.41) is 11.4. The van der Waals surface area contributed by atoms with Crippen LogP contribution in [0.15, 0.2) is 30.6 Å². The number of nitriles is 1. The van der Waals surface area contributed by atoms with E-state index in [0.29, 0.717) is 5.69 Å². The maximum absolute atomic E-state index is 11.7. The van der Waals surface area contributed by atoms with Crippen molar-refractivity contribution in [1.29, 1.82) is 5.26 Å². The predicted octanol–water partition coefficient (Wildman–Crippen LogP) is 1.38. The minimum atomic E-state index is -0.858. The van der Waals surface area contributed by atoms with Gasteiger partial charge in [0.05, 0.1) is 10.6 Å². The van der Waals surface area contributed by atoms with E-state index in [9.17, 15) is 9.59 Å². The second-order valence-electron chi connectivity index (χ2n) is 4.22. The monoisotopic (exact) mass is 331 g/mol. The Balaban J connectivity index is 1.93. The Morgan fingerprint density at radius 1 is 1.35 bits per heavy atom. The second-order valence-corrected chi connectivity index (χ2v) is 4.63. The van der Waals surface area contributed by atoms with Gasteiger partial charge in [-0.05, 0) is 18.2 Å². The van der Waals surface area contributed by atoms with Crippen molar-refractivity contribution in [2.24, 2.45) is 0 Å². The van der Waals surface area contributed by atoms with Gasteiger partial charge in [0.2, 0.25) is 0 Å². The SMILES string of the molecule is N#Cc1ccc(NC(=O)COC(=O)c2nccnc2N)cc1Cl. The molecule has 23 heavy (non-hydrogen) atoms. The Morgan fingerprint density at radius 2 is 2.09 bits per heavy atom. The van der Waals surface area contributed by atoms with Gasteiger partial charge >= 0.3 is 5.97 Å². The van der Waals surface area contributed by atoms with Gasteiger partial charge < -0.3 is 15.8 Å². The van der Waals surface area contributed by atoms with Crippen molar-refractivity contribution < 1.29 is 14.3 Å². The summed E-state index contributed by atoms with van der Waals surface area (Å²) in [6.07, 6.45) is 2.61. The minimum Gasteiger partial charge on any atom is -0.451 e. The largest absolute Gasteiger partial charge is 0.451 e. The number of anilines is 2. The summed E-state index contributed by atoms with van der Waals surface area (Å²) in [6, 6.07) is 6.29. The van der Waals surface area contributed by atoms with Crippen molar-refractivity contribution >= 4 is 35.0 Å². The van der Waals surface area contributed by atoms with Crippen molar-refractivity contribution in [1.82, 2.24) is 9.97 Å². The maximum atomic E-state index is 11.7. The van der Waals surface area contributed by atoms with E-state index in [0.717, 1.165) is 0 Å². The van der Waals surface area contributed by atoms with Crippen LogP contribution in [0.4, 0.5) is 11.5 Å². The molecule has 1 aromatic heterocycles. The number of rotatable bonds is 4. The van der Waals surface area contributed by atoms with Gasteiger partial charge in [-0.3, -0.25) is 4.79 Å². The van der Waals surface area contributed by atoms with Gasteiger partial charge in [0.25, 0.3) is 5.91 Å². The molecule has 2 aromatic rings. The third kappa shape index (κ3) is 4.15. The van der Waals surface area contributed by atoms with Crippen LogP contribution in [0.5, 0.6) is 0 Å². The molecule has 116 valence electrons. The standard InChI is InChI=1S/C14H10ClN5O3/c15-10-5-9(2-1-8(10)6-16)20-11(21)7-23-14(22)12-13(17)19-4-3-18-12/h1-5H,7H2,(H2,17,19)(H,20,21). The highest BCUT2D eigenvalue weighted by Gasteiger charge is 2.15. The molecule has 0 radical (unpaired) electrons. The fourth-order valence-electron chi connectivity index (χ4n) is 1.59. The quantitative estimate of drug-likeness (QED) is 0.809. The number of halogens is 1. The van der Waals surface area contributed by atoms with E-state index in [2.05, 4.69) is 15.3 Å². The number of carbonyl (C=O) groups is 2. The number of esters is 1. The van der Waals surface area contributed by atoms with Gasteiger partial charge in [-0.1, -0.05) is 11.6 Å². The van der Waals surface area contributed by atoms with Crippen molar-refractivity contribution in [3.8, 4) is 6.07 Å². The molecule has 9 heteroatoms. The van der Waals surface area contributed by atoms with E-state index in [1.165, 1.54) is 30.6 Å². The summed E-state index contributed by atoms with van der Waals surface area (Å²) in [5.41, 5.74) is 5.97. The lowest BCUT2D eigenvalue weighted by Crippen LogP contribution is -2.22. The molecular weight excluding hydrogens is 322 g/mol. The third-order valence-electron chi connectivity index (χ3n) is 2.63. The molecule has 0 unspecified atom stereocenters. The maximum Gasteiger partial charge on any atom is 0.361 e. The first-order valence-electron chi connectivity index (χ1n) is 6.24. The number of hydrogen-bond acceptors (Lipinski definition) is 7.